The van der Waals surface area contributed by atoms with E-state index in [-0.39, 0.29) is 0 Å². The minimum Gasteiger partial charge on any atom is -0.478 e. The third kappa shape index (κ3) is 2.54. The maximum atomic E-state index is 10.4. The number of carbonyl (C=O) groups is 1. The minimum absolute atomic E-state index is 0.564. The molecule has 5 nitrogen and oxygen atoms in total. The highest BCUT2D eigenvalue weighted by molar-refractivity contribution is 7.12. The summed E-state index contributed by atoms with van der Waals surface area (Å²) in [7, 11) is 0. The van der Waals surface area contributed by atoms with Crippen LogP contribution in [0.4, 0.5) is 0 Å². The molecule has 17 heavy (non-hydrogen) atoms. The van der Waals surface area contributed by atoms with Crippen molar-refractivity contribution in [2.75, 3.05) is 13.2 Å². The number of carboxylic acid groups (broad SMARTS) is 1. The van der Waals surface area contributed by atoms with Gasteiger partial charge in [0.25, 0.3) is 0 Å². The van der Waals surface area contributed by atoms with Gasteiger partial charge in [-0.2, -0.15) is 0 Å². The number of hydrogen-bond donors (Lipinski definition) is 1. The largest absolute Gasteiger partial charge is 0.478 e. The molecule has 0 atom stereocenters. The highest BCUT2D eigenvalue weighted by atomic mass is 32.1. The Morgan fingerprint density at radius 3 is 2.76 bits per heavy atom. The highest BCUT2D eigenvalue weighted by Crippen LogP contribution is 2.37. The van der Waals surface area contributed by atoms with E-state index in [1.165, 1.54) is 17.4 Å². The van der Waals surface area contributed by atoms with Crippen molar-refractivity contribution in [3.8, 4) is 0 Å². The van der Waals surface area contributed by atoms with Crippen LogP contribution in [0.1, 0.15) is 22.5 Å². The summed E-state index contributed by atoms with van der Waals surface area (Å²) in [4.78, 5) is 15.6. The first-order valence-electron chi connectivity index (χ1n) is 5.18. The van der Waals surface area contributed by atoms with E-state index in [9.17, 15) is 4.79 Å². The molecule has 92 valence electrons. The fraction of sp³-hybridized carbons (Fsp3) is 0.455. The van der Waals surface area contributed by atoms with Crippen LogP contribution in [0.3, 0.4) is 0 Å². The van der Waals surface area contributed by atoms with Gasteiger partial charge in [-0.05, 0) is 19.9 Å². The maximum Gasteiger partial charge on any atom is 0.328 e. The predicted octanol–water partition coefficient (Wildman–Crippen LogP) is 1.77. The van der Waals surface area contributed by atoms with Crippen LogP contribution in [0.15, 0.2) is 6.08 Å². The number of aromatic nitrogens is 1. The average Bonchev–Trinajstić information content (AvgIpc) is 2.83. The first kappa shape index (κ1) is 12.2. The highest BCUT2D eigenvalue weighted by Gasteiger charge is 2.36. The lowest BCUT2D eigenvalue weighted by molar-refractivity contribution is -0.147. The molecule has 1 aromatic heterocycles. The van der Waals surface area contributed by atoms with Crippen LogP contribution in [-0.2, 0) is 20.1 Å². The Morgan fingerprint density at radius 1 is 1.53 bits per heavy atom. The van der Waals surface area contributed by atoms with Crippen molar-refractivity contribution in [2.24, 2.45) is 0 Å². The zero-order valence-electron chi connectivity index (χ0n) is 9.60. The van der Waals surface area contributed by atoms with Gasteiger partial charge in [0.2, 0.25) is 5.79 Å². The van der Waals surface area contributed by atoms with Crippen LogP contribution < -0.4 is 0 Å². The number of ether oxygens (including phenoxy) is 2. The number of aryl methyl sites for hydroxylation is 1. The molecule has 1 aromatic rings. The number of nitrogens with zero attached hydrogens (tertiary/aromatic N) is 1. The lowest BCUT2D eigenvalue weighted by Crippen LogP contribution is -2.21. The van der Waals surface area contributed by atoms with Crippen molar-refractivity contribution in [3.05, 3.63) is 21.7 Å². The number of hydrogen-bond acceptors (Lipinski definition) is 5. The van der Waals surface area contributed by atoms with Crippen molar-refractivity contribution in [2.45, 2.75) is 19.6 Å². The van der Waals surface area contributed by atoms with Gasteiger partial charge in [0, 0.05) is 6.08 Å². The molecule has 1 aliphatic heterocycles. The van der Waals surface area contributed by atoms with Gasteiger partial charge < -0.3 is 14.6 Å². The summed E-state index contributed by atoms with van der Waals surface area (Å²) >= 11 is 1.39. The molecule has 0 bridgehead atoms. The second kappa shape index (κ2) is 4.56. The van der Waals surface area contributed by atoms with Gasteiger partial charge in [-0.1, -0.05) is 0 Å². The Kier molecular flexibility index (Phi) is 3.28. The van der Waals surface area contributed by atoms with Crippen molar-refractivity contribution in [3.63, 3.8) is 0 Å². The van der Waals surface area contributed by atoms with Crippen LogP contribution in [0.25, 0.3) is 6.08 Å². The van der Waals surface area contributed by atoms with E-state index >= 15 is 0 Å². The van der Waals surface area contributed by atoms with Crippen LogP contribution in [0, 0.1) is 6.92 Å². The number of aliphatic carboxylic acids is 1. The molecule has 1 N–H and O–H groups in total. The van der Waals surface area contributed by atoms with Crippen molar-refractivity contribution in [1.29, 1.82) is 0 Å². The van der Waals surface area contributed by atoms with Gasteiger partial charge in [0.1, 0.15) is 5.01 Å². The molecule has 0 aromatic carbocycles. The van der Waals surface area contributed by atoms with E-state index in [1.54, 1.807) is 0 Å². The lowest BCUT2D eigenvalue weighted by atomic mass is 10.2. The number of rotatable bonds is 3. The molecule has 0 saturated carbocycles. The van der Waals surface area contributed by atoms with Crippen LogP contribution >= 0.6 is 11.3 Å². The van der Waals surface area contributed by atoms with Crippen molar-refractivity contribution < 1.29 is 19.4 Å². The summed E-state index contributed by atoms with van der Waals surface area (Å²) in [6, 6.07) is 0. The first-order valence-corrected chi connectivity index (χ1v) is 6.00. The fourth-order valence-electron chi connectivity index (χ4n) is 1.70. The van der Waals surface area contributed by atoms with Crippen LogP contribution in [-0.4, -0.2) is 29.3 Å². The molecule has 2 rings (SSSR count). The molecule has 1 aliphatic rings. The summed E-state index contributed by atoms with van der Waals surface area (Å²) in [6.07, 6.45) is 2.54. The predicted molar refractivity (Wildman–Crippen MR) is 62.8 cm³/mol. The molecule has 2 heterocycles. The standard InChI is InChI=1S/C11H13NO4S/c1-7-10(11(2)15-5-6-16-11)17-8(12-7)3-4-9(13)14/h3-4H,5-6H2,1-2H3,(H,13,14)/b4-3+. The van der Waals surface area contributed by atoms with Gasteiger partial charge in [-0.25, -0.2) is 9.78 Å². The molecule has 1 saturated heterocycles. The van der Waals surface area contributed by atoms with Gasteiger partial charge in [-0.15, -0.1) is 11.3 Å². The molecule has 6 heteroatoms. The van der Waals surface area contributed by atoms with Crippen LogP contribution in [0.2, 0.25) is 0 Å². The fourth-order valence-corrected chi connectivity index (χ4v) is 2.72. The molecule has 0 spiro atoms. The smallest absolute Gasteiger partial charge is 0.328 e. The van der Waals surface area contributed by atoms with Crippen molar-refractivity contribution in [1.82, 2.24) is 4.98 Å². The maximum absolute atomic E-state index is 10.4. The summed E-state index contributed by atoms with van der Waals surface area (Å²) in [5.74, 6) is -1.73. The average molecular weight is 255 g/mol. The monoisotopic (exact) mass is 255 g/mol. The SMILES string of the molecule is Cc1nc(/C=C/C(=O)O)sc1C1(C)OCCO1. The van der Waals surface area contributed by atoms with Gasteiger partial charge in [-0.3, -0.25) is 0 Å². The van der Waals surface area contributed by atoms with Gasteiger partial charge in [0.05, 0.1) is 23.8 Å². The van der Waals surface area contributed by atoms with Crippen LogP contribution in [0.5, 0.6) is 0 Å². The summed E-state index contributed by atoms with van der Waals surface area (Å²) in [6.45, 7) is 4.84. The third-order valence-electron chi connectivity index (χ3n) is 2.43. The molecule has 0 unspecified atom stereocenters. The Morgan fingerprint density at radius 2 is 2.18 bits per heavy atom. The molecule has 1 fully saturated rings. The number of thiazole rings is 1. The normalized spacial score (nSPS) is 18.9. The topological polar surface area (TPSA) is 68.7 Å². The summed E-state index contributed by atoms with van der Waals surface area (Å²) in [5.41, 5.74) is 0.810. The quantitative estimate of drug-likeness (QED) is 0.834. The van der Waals surface area contributed by atoms with E-state index in [0.717, 1.165) is 16.6 Å². The second-order valence-electron chi connectivity index (χ2n) is 3.78. The molecule has 0 aliphatic carbocycles. The molecule has 0 radical (unpaired) electrons. The second-order valence-corrected chi connectivity index (χ2v) is 4.81. The van der Waals surface area contributed by atoms with E-state index < -0.39 is 11.8 Å². The number of carboxylic acids is 1. The zero-order chi connectivity index (χ0) is 12.5. The third-order valence-corrected chi connectivity index (χ3v) is 3.74. The Labute approximate surface area is 103 Å². The van der Waals surface area contributed by atoms with Gasteiger partial charge >= 0.3 is 5.97 Å². The van der Waals surface area contributed by atoms with Crippen molar-refractivity contribution >= 4 is 23.4 Å². The Balaban J connectivity index is 2.27. The van der Waals surface area contributed by atoms with E-state index in [2.05, 4.69) is 4.98 Å². The van der Waals surface area contributed by atoms with E-state index in [0.29, 0.717) is 18.2 Å². The summed E-state index contributed by atoms with van der Waals surface area (Å²) < 4.78 is 11.1. The molecular weight excluding hydrogens is 242 g/mol. The molecular formula is C11H13NO4S. The van der Waals surface area contributed by atoms with Gasteiger partial charge in [0.15, 0.2) is 0 Å². The Bertz CT molecular complexity index is 460. The Hall–Kier alpha value is -1.24. The minimum atomic E-state index is -0.987. The molecule has 0 amide bonds. The van der Waals surface area contributed by atoms with E-state index in [4.69, 9.17) is 14.6 Å². The zero-order valence-corrected chi connectivity index (χ0v) is 10.4. The van der Waals surface area contributed by atoms with E-state index in [1.807, 2.05) is 13.8 Å². The lowest BCUT2D eigenvalue weighted by Gasteiger charge is -2.20. The summed E-state index contributed by atoms with van der Waals surface area (Å²) in [5, 5.41) is 9.19. The first-order chi connectivity index (χ1) is 8.01.